The van der Waals surface area contributed by atoms with Crippen LogP contribution >= 0.6 is 0 Å². The van der Waals surface area contributed by atoms with E-state index in [1.54, 1.807) is 25.2 Å². The standard InChI is InChI=1S/C12H17N7/c1-2-13-9-15-12(1)18-6-3-17(4-7-18)5-8-19-11-14-10-16-19/h1-2,9-11H,3-8H2. The average Bonchev–Trinajstić information content (AvgIpc) is 3.00. The molecule has 0 bridgehead atoms. The van der Waals surface area contributed by atoms with Crippen molar-refractivity contribution >= 4 is 5.82 Å². The first-order valence-corrected chi connectivity index (χ1v) is 6.47. The number of hydrogen-bond acceptors (Lipinski definition) is 6. The first kappa shape index (κ1) is 12.0. The molecule has 1 fully saturated rings. The van der Waals surface area contributed by atoms with Crippen molar-refractivity contribution in [2.45, 2.75) is 6.54 Å². The summed E-state index contributed by atoms with van der Waals surface area (Å²) in [7, 11) is 0. The molecular weight excluding hydrogens is 242 g/mol. The molecule has 0 radical (unpaired) electrons. The van der Waals surface area contributed by atoms with Gasteiger partial charge in [-0.15, -0.1) is 0 Å². The summed E-state index contributed by atoms with van der Waals surface area (Å²) in [6.07, 6.45) is 6.73. The van der Waals surface area contributed by atoms with Crippen LogP contribution in [0.25, 0.3) is 0 Å². The highest BCUT2D eigenvalue weighted by molar-refractivity contribution is 5.36. The SMILES string of the molecule is c1cc(N2CCN(CCn3cncn3)CC2)ncn1. The zero-order valence-corrected chi connectivity index (χ0v) is 10.8. The summed E-state index contributed by atoms with van der Waals surface area (Å²) in [6.45, 7) is 6.04. The molecule has 0 saturated carbocycles. The van der Waals surface area contributed by atoms with Gasteiger partial charge in [0.1, 0.15) is 24.8 Å². The second-order valence-corrected chi connectivity index (χ2v) is 4.55. The van der Waals surface area contributed by atoms with Crippen molar-refractivity contribution in [3.05, 3.63) is 31.2 Å². The molecule has 2 aromatic rings. The fourth-order valence-corrected chi connectivity index (χ4v) is 2.26. The predicted molar refractivity (Wildman–Crippen MR) is 70.7 cm³/mol. The summed E-state index contributed by atoms with van der Waals surface area (Å²) in [5.41, 5.74) is 0. The van der Waals surface area contributed by atoms with Crippen LogP contribution in [0.15, 0.2) is 31.2 Å². The van der Waals surface area contributed by atoms with Crippen LogP contribution < -0.4 is 4.90 Å². The topological polar surface area (TPSA) is 63.0 Å². The van der Waals surface area contributed by atoms with Crippen LogP contribution in [-0.4, -0.2) is 62.4 Å². The third-order valence-electron chi connectivity index (χ3n) is 3.37. The van der Waals surface area contributed by atoms with Gasteiger partial charge in [-0.05, 0) is 6.07 Å². The Morgan fingerprint density at radius 3 is 2.58 bits per heavy atom. The van der Waals surface area contributed by atoms with Gasteiger partial charge in [-0.1, -0.05) is 0 Å². The van der Waals surface area contributed by atoms with E-state index in [0.29, 0.717) is 0 Å². The summed E-state index contributed by atoms with van der Waals surface area (Å²) < 4.78 is 1.87. The molecule has 0 N–H and O–H groups in total. The number of nitrogens with zero attached hydrogens (tertiary/aromatic N) is 7. The number of hydrogen-bond donors (Lipinski definition) is 0. The molecule has 0 amide bonds. The Balaban J connectivity index is 1.47. The average molecular weight is 259 g/mol. The molecule has 7 heteroatoms. The van der Waals surface area contributed by atoms with E-state index in [1.807, 2.05) is 10.7 Å². The highest BCUT2D eigenvalue weighted by Crippen LogP contribution is 2.11. The molecule has 0 unspecified atom stereocenters. The van der Waals surface area contributed by atoms with E-state index < -0.39 is 0 Å². The van der Waals surface area contributed by atoms with Crippen molar-refractivity contribution in [1.29, 1.82) is 0 Å². The van der Waals surface area contributed by atoms with Crippen LogP contribution in [0, 0.1) is 0 Å². The molecule has 100 valence electrons. The molecule has 19 heavy (non-hydrogen) atoms. The van der Waals surface area contributed by atoms with Crippen LogP contribution in [0.4, 0.5) is 5.82 Å². The maximum atomic E-state index is 4.29. The third-order valence-corrected chi connectivity index (χ3v) is 3.37. The van der Waals surface area contributed by atoms with Gasteiger partial charge in [0.25, 0.3) is 0 Å². The molecule has 1 aliphatic rings. The van der Waals surface area contributed by atoms with Crippen LogP contribution in [0.3, 0.4) is 0 Å². The van der Waals surface area contributed by atoms with Crippen molar-refractivity contribution in [2.24, 2.45) is 0 Å². The molecule has 7 nitrogen and oxygen atoms in total. The molecule has 1 aliphatic heterocycles. The molecule has 3 rings (SSSR count). The first-order chi connectivity index (χ1) is 9.42. The lowest BCUT2D eigenvalue weighted by Crippen LogP contribution is -2.47. The number of aromatic nitrogens is 5. The molecule has 2 aromatic heterocycles. The van der Waals surface area contributed by atoms with Gasteiger partial charge in [0, 0.05) is 38.9 Å². The van der Waals surface area contributed by atoms with Crippen molar-refractivity contribution in [2.75, 3.05) is 37.6 Å². The normalized spacial score (nSPS) is 16.7. The molecule has 0 spiro atoms. The predicted octanol–water partition coefficient (Wildman–Crippen LogP) is -0.110. The molecule has 0 aliphatic carbocycles. The van der Waals surface area contributed by atoms with Gasteiger partial charge in [-0.2, -0.15) is 5.10 Å². The van der Waals surface area contributed by atoms with Crippen molar-refractivity contribution in [1.82, 2.24) is 29.6 Å². The lowest BCUT2D eigenvalue weighted by atomic mass is 10.3. The monoisotopic (exact) mass is 259 g/mol. The Hall–Kier alpha value is -2.02. The van der Waals surface area contributed by atoms with E-state index >= 15 is 0 Å². The van der Waals surface area contributed by atoms with Gasteiger partial charge in [0.05, 0.1) is 6.54 Å². The maximum Gasteiger partial charge on any atom is 0.137 e. The quantitative estimate of drug-likeness (QED) is 0.763. The smallest absolute Gasteiger partial charge is 0.137 e. The highest BCUT2D eigenvalue weighted by Gasteiger charge is 2.17. The lowest BCUT2D eigenvalue weighted by molar-refractivity contribution is 0.244. The number of piperazine rings is 1. The van der Waals surface area contributed by atoms with Crippen molar-refractivity contribution in [3.8, 4) is 0 Å². The first-order valence-electron chi connectivity index (χ1n) is 6.47. The van der Waals surface area contributed by atoms with Gasteiger partial charge in [0.2, 0.25) is 0 Å². The van der Waals surface area contributed by atoms with Crippen LogP contribution in [-0.2, 0) is 6.54 Å². The summed E-state index contributed by atoms with van der Waals surface area (Å²) in [6, 6.07) is 1.96. The minimum Gasteiger partial charge on any atom is -0.354 e. The molecule has 1 saturated heterocycles. The van der Waals surface area contributed by atoms with Crippen LogP contribution in [0.5, 0.6) is 0 Å². The van der Waals surface area contributed by atoms with Crippen LogP contribution in [0.1, 0.15) is 0 Å². The van der Waals surface area contributed by atoms with Crippen molar-refractivity contribution in [3.63, 3.8) is 0 Å². The summed E-state index contributed by atoms with van der Waals surface area (Å²) in [4.78, 5) is 16.9. The minimum atomic E-state index is 0.896. The van der Waals surface area contributed by atoms with E-state index in [0.717, 1.165) is 45.1 Å². The molecule has 0 atom stereocenters. The van der Waals surface area contributed by atoms with E-state index in [4.69, 9.17) is 0 Å². The minimum absolute atomic E-state index is 0.896. The zero-order chi connectivity index (χ0) is 12.9. The van der Waals surface area contributed by atoms with E-state index in [-0.39, 0.29) is 0 Å². The molecule has 3 heterocycles. The van der Waals surface area contributed by atoms with Crippen LogP contribution in [0.2, 0.25) is 0 Å². The van der Waals surface area contributed by atoms with Gasteiger partial charge in [0.15, 0.2) is 0 Å². The van der Waals surface area contributed by atoms with E-state index in [9.17, 15) is 0 Å². The number of rotatable bonds is 4. The lowest BCUT2D eigenvalue weighted by Gasteiger charge is -2.35. The maximum absolute atomic E-state index is 4.29. The van der Waals surface area contributed by atoms with E-state index in [2.05, 4.69) is 29.9 Å². The highest BCUT2D eigenvalue weighted by atomic mass is 15.3. The Morgan fingerprint density at radius 1 is 1.00 bits per heavy atom. The van der Waals surface area contributed by atoms with Gasteiger partial charge in [-0.25, -0.2) is 15.0 Å². The fourth-order valence-electron chi connectivity index (χ4n) is 2.26. The Bertz CT molecular complexity index is 476. The molecular formula is C12H17N7. The van der Waals surface area contributed by atoms with Gasteiger partial charge >= 0.3 is 0 Å². The summed E-state index contributed by atoms with van der Waals surface area (Å²) >= 11 is 0. The number of anilines is 1. The zero-order valence-electron chi connectivity index (χ0n) is 10.8. The fraction of sp³-hybridized carbons (Fsp3) is 0.500. The van der Waals surface area contributed by atoms with E-state index in [1.165, 1.54) is 0 Å². The Kier molecular flexibility index (Phi) is 3.64. The summed E-state index contributed by atoms with van der Waals surface area (Å²) in [5.74, 6) is 1.02. The Labute approximate surface area is 111 Å². The second kappa shape index (κ2) is 5.75. The Morgan fingerprint density at radius 2 is 1.89 bits per heavy atom. The van der Waals surface area contributed by atoms with Gasteiger partial charge in [-0.3, -0.25) is 9.58 Å². The third kappa shape index (κ3) is 3.05. The van der Waals surface area contributed by atoms with Gasteiger partial charge < -0.3 is 4.90 Å². The molecule has 0 aromatic carbocycles. The largest absolute Gasteiger partial charge is 0.354 e. The second-order valence-electron chi connectivity index (χ2n) is 4.55. The summed E-state index contributed by atoms with van der Waals surface area (Å²) in [5, 5.41) is 4.11. The van der Waals surface area contributed by atoms with Crippen molar-refractivity contribution < 1.29 is 0 Å².